The fourth-order valence-corrected chi connectivity index (χ4v) is 2.47. The summed E-state index contributed by atoms with van der Waals surface area (Å²) >= 11 is 0. The van der Waals surface area contributed by atoms with Crippen LogP contribution in [0.15, 0.2) is 18.5 Å². The summed E-state index contributed by atoms with van der Waals surface area (Å²) < 4.78 is 6.84. The van der Waals surface area contributed by atoms with Gasteiger partial charge in [0.15, 0.2) is 12.3 Å². The van der Waals surface area contributed by atoms with Gasteiger partial charge in [-0.05, 0) is 33.3 Å². The summed E-state index contributed by atoms with van der Waals surface area (Å²) in [5.74, 6) is -0.869. The highest BCUT2D eigenvalue weighted by Gasteiger charge is 2.14. The van der Waals surface area contributed by atoms with Crippen molar-refractivity contribution < 1.29 is 14.3 Å². The number of hydrogen-bond acceptors (Lipinski definition) is 5. The second kappa shape index (κ2) is 7.90. The molecule has 0 fully saturated rings. The Morgan fingerprint density at radius 3 is 2.71 bits per heavy atom. The molecule has 7 nitrogen and oxygen atoms in total. The van der Waals surface area contributed by atoms with Gasteiger partial charge >= 0.3 is 5.97 Å². The number of nitrogens with one attached hydrogen (secondary N) is 1. The van der Waals surface area contributed by atoms with E-state index in [1.54, 1.807) is 16.9 Å². The lowest BCUT2D eigenvalue weighted by Gasteiger charge is -2.12. The van der Waals surface area contributed by atoms with E-state index < -0.39 is 5.97 Å². The van der Waals surface area contributed by atoms with E-state index in [4.69, 9.17) is 4.74 Å². The highest BCUT2D eigenvalue weighted by atomic mass is 16.5. The van der Waals surface area contributed by atoms with Crippen molar-refractivity contribution in [3.8, 4) is 0 Å². The number of amides is 1. The van der Waals surface area contributed by atoms with Crippen LogP contribution in [0.2, 0.25) is 0 Å². The fourth-order valence-electron chi connectivity index (χ4n) is 2.47. The maximum atomic E-state index is 12.1. The van der Waals surface area contributed by atoms with Gasteiger partial charge in [0.25, 0.3) is 5.91 Å². The first-order chi connectivity index (χ1) is 11.4. The minimum Gasteiger partial charge on any atom is -0.452 e. The topological polar surface area (TPSA) is 86.1 Å². The Balaban J connectivity index is 1.97. The first-order valence-corrected chi connectivity index (χ1v) is 8.22. The highest BCUT2D eigenvalue weighted by molar-refractivity contribution is 5.94. The summed E-state index contributed by atoms with van der Waals surface area (Å²) in [4.78, 5) is 28.1. The molecular formula is C17H24N4O3. The van der Waals surface area contributed by atoms with Crippen LogP contribution in [0.25, 0.3) is 11.0 Å². The molecule has 1 atom stereocenters. The molecule has 2 aromatic rings. The molecule has 2 heterocycles. The van der Waals surface area contributed by atoms with Crippen LogP contribution in [0.1, 0.15) is 56.9 Å². The van der Waals surface area contributed by atoms with Crippen LogP contribution in [0.4, 0.5) is 0 Å². The Labute approximate surface area is 141 Å². The molecule has 0 aliphatic heterocycles. The molecular weight excluding hydrogens is 308 g/mol. The van der Waals surface area contributed by atoms with Gasteiger partial charge < -0.3 is 10.1 Å². The van der Waals surface area contributed by atoms with Gasteiger partial charge in [0.05, 0.1) is 11.8 Å². The number of fused-ring (bicyclic) bond motifs is 1. The molecule has 0 aromatic carbocycles. The molecule has 130 valence electrons. The summed E-state index contributed by atoms with van der Waals surface area (Å²) in [6.45, 7) is 7.69. The number of nitrogens with zero attached hydrogens (tertiary/aromatic N) is 3. The van der Waals surface area contributed by atoms with Crippen molar-refractivity contribution in [3.05, 3.63) is 24.0 Å². The van der Waals surface area contributed by atoms with E-state index in [0.29, 0.717) is 11.2 Å². The Morgan fingerprint density at radius 1 is 1.29 bits per heavy atom. The Kier molecular flexibility index (Phi) is 5.89. The molecule has 0 unspecified atom stereocenters. The van der Waals surface area contributed by atoms with Crippen LogP contribution >= 0.6 is 0 Å². The highest BCUT2D eigenvalue weighted by Crippen LogP contribution is 2.17. The minimum atomic E-state index is -0.569. The van der Waals surface area contributed by atoms with E-state index in [-0.39, 0.29) is 24.6 Å². The third kappa shape index (κ3) is 4.31. The molecule has 1 amide bonds. The maximum absolute atomic E-state index is 12.1. The quantitative estimate of drug-likeness (QED) is 0.787. The van der Waals surface area contributed by atoms with Gasteiger partial charge in [-0.15, -0.1) is 0 Å². The van der Waals surface area contributed by atoms with Crippen molar-refractivity contribution in [2.24, 2.45) is 0 Å². The van der Waals surface area contributed by atoms with Gasteiger partial charge in [-0.25, -0.2) is 14.5 Å². The zero-order chi connectivity index (χ0) is 17.7. The molecule has 1 N–H and O–H groups in total. The molecule has 2 aromatic heterocycles. The van der Waals surface area contributed by atoms with Crippen LogP contribution < -0.4 is 5.32 Å². The van der Waals surface area contributed by atoms with E-state index in [1.165, 1.54) is 6.20 Å². The second-order valence-electron chi connectivity index (χ2n) is 6.15. The van der Waals surface area contributed by atoms with Crippen molar-refractivity contribution in [2.75, 3.05) is 6.61 Å². The van der Waals surface area contributed by atoms with Crippen LogP contribution in [0.3, 0.4) is 0 Å². The first-order valence-electron chi connectivity index (χ1n) is 8.22. The number of carbonyl (C=O) groups excluding carboxylic acids is 2. The molecule has 0 saturated heterocycles. The monoisotopic (exact) mass is 332 g/mol. The van der Waals surface area contributed by atoms with E-state index in [9.17, 15) is 9.59 Å². The summed E-state index contributed by atoms with van der Waals surface area (Å²) in [7, 11) is 0. The Hall–Kier alpha value is -2.44. The lowest BCUT2D eigenvalue weighted by Crippen LogP contribution is -2.35. The zero-order valence-electron chi connectivity index (χ0n) is 14.6. The van der Waals surface area contributed by atoms with Gasteiger partial charge in [0.2, 0.25) is 0 Å². The lowest BCUT2D eigenvalue weighted by molar-refractivity contribution is -0.124. The maximum Gasteiger partial charge on any atom is 0.340 e. The van der Waals surface area contributed by atoms with Crippen molar-refractivity contribution in [3.63, 3.8) is 0 Å². The van der Waals surface area contributed by atoms with E-state index in [0.717, 1.165) is 18.2 Å². The number of rotatable bonds is 7. The fraction of sp³-hybridized carbons (Fsp3) is 0.529. The van der Waals surface area contributed by atoms with E-state index in [1.807, 2.05) is 27.7 Å². The van der Waals surface area contributed by atoms with Crippen molar-refractivity contribution in [1.29, 1.82) is 0 Å². The first kappa shape index (κ1) is 17.9. The average molecular weight is 332 g/mol. The van der Waals surface area contributed by atoms with Crippen molar-refractivity contribution in [1.82, 2.24) is 20.1 Å². The lowest BCUT2D eigenvalue weighted by atomic mass is 10.2. The number of aromatic nitrogens is 3. The van der Waals surface area contributed by atoms with Gasteiger partial charge in [0, 0.05) is 23.7 Å². The predicted octanol–water partition coefficient (Wildman–Crippen LogP) is 2.47. The molecule has 0 radical (unpaired) electrons. The standard InChI is InChI=1S/C17H24N4O3/c1-5-6-12(4)20-15(22)10-24-17(23)14-7-13-9-19-21(11(2)3)16(13)18-8-14/h7-9,11-12H,5-6,10H2,1-4H3,(H,20,22)/t12-/m0/s1. The van der Waals surface area contributed by atoms with Crippen LogP contribution in [0, 0.1) is 0 Å². The molecule has 2 rings (SSSR count). The molecule has 0 spiro atoms. The van der Waals surface area contributed by atoms with Crippen molar-refractivity contribution in [2.45, 2.75) is 52.6 Å². The van der Waals surface area contributed by atoms with Crippen LogP contribution in [0.5, 0.6) is 0 Å². The van der Waals surface area contributed by atoms with Crippen LogP contribution in [-0.2, 0) is 9.53 Å². The largest absolute Gasteiger partial charge is 0.452 e. The molecule has 0 saturated carbocycles. The number of carbonyl (C=O) groups is 2. The predicted molar refractivity (Wildman–Crippen MR) is 90.7 cm³/mol. The summed E-state index contributed by atoms with van der Waals surface area (Å²) in [6, 6.07) is 1.93. The molecule has 24 heavy (non-hydrogen) atoms. The van der Waals surface area contributed by atoms with Gasteiger partial charge in [-0.3, -0.25) is 4.79 Å². The number of pyridine rings is 1. The van der Waals surface area contributed by atoms with E-state index in [2.05, 4.69) is 15.4 Å². The third-order valence-corrected chi connectivity index (χ3v) is 3.62. The minimum absolute atomic E-state index is 0.0705. The second-order valence-corrected chi connectivity index (χ2v) is 6.15. The zero-order valence-corrected chi connectivity index (χ0v) is 14.6. The van der Waals surface area contributed by atoms with Crippen LogP contribution in [-0.4, -0.2) is 39.3 Å². The Morgan fingerprint density at radius 2 is 2.04 bits per heavy atom. The number of ether oxygens (including phenoxy) is 1. The molecule has 0 aliphatic rings. The smallest absolute Gasteiger partial charge is 0.340 e. The SMILES string of the molecule is CCC[C@H](C)NC(=O)COC(=O)c1cnc2c(cnn2C(C)C)c1. The Bertz CT molecular complexity index is 724. The van der Waals surface area contributed by atoms with Gasteiger partial charge in [0.1, 0.15) is 0 Å². The number of esters is 1. The number of hydrogen-bond donors (Lipinski definition) is 1. The van der Waals surface area contributed by atoms with Crippen molar-refractivity contribution >= 4 is 22.9 Å². The van der Waals surface area contributed by atoms with Gasteiger partial charge in [-0.2, -0.15) is 5.10 Å². The third-order valence-electron chi connectivity index (χ3n) is 3.62. The summed E-state index contributed by atoms with van der Waals surface area (Å²) in [5, 5.41) is 7.81. The van der Waals surface area contributed by atoms with Gasteiger partial charge in [-0.1, -0.05) is 13.3 Å². The van der Waals surface area contributed by atoms with E-state index >= 15 is 0 Å². The summed E-state index contributed by atoms with van der Waals surface area (Å²) in [6.07, 6.45) is 4.98. The molecule has 0 bridgehead atoms. The molecule has 0 aliphatic carbocycles. The molecule has 7 heteroatoms. The summed E-state index contributed by atoms with van der Waals surface area (Å²) in [5.41, 5.74) is 1.02. The normalized spacial score (nSPS) is 12.4. The average Bonchev–Trinajstić information content (AvgIpc) is 2.96.